The third-order valence-electron chi connectivity index (χ3n) is 1.96. The number of ether oxygens (including phenoxy) is 1. The highest BCUT2D eigenvalue weighted by atomic mass is 79.9. The first-order valence-electron chi connectivity index (χ1n) is 4.69. The van der Waals surface area contributed by atoms with Gasteiger partial charge in [0.05, 0.1) is 17.4 Å². The van der Waals surface area contributed by atoms with Gasteiger partial charge in [0.2, 0.25) is 0 Å². The van der Waals surface area contributed by atoms with E-state index >= 15 is 0 Å². The lowest BCUT2D eigenvalue weighted by molar-refractivity contribution is 0.0378. The van der Waals surface area contributed by atoms with E-state index in [4.69, 9.17) is 10.5 Å². The molecule has 0 aromatic heterocycles. The number of carbonyl (C=O) groups is 1. The summed E-state index contributed by atoms with van der Waals surface area (Å²) in [6.07, 6.45) is -0.149. The number of anilines is 1. The standard InChI is InChI=1S/C11H14BrNO2/c1-6(2)15-11(14)9-8(12)5-4-7(3)10(9)13/h4-6H,13H2,1-3H3. The van der Waals surface area contributed by atoms with E-state index < -0.39 is 5.97 Å². The third kappa shape index (κ3) is 2.72. The number of aryl methyl sites for hydroxylation is 1. The van der Waals surface area contributed by atoms with Crippen molar-refractivity contribution in [2.45, 2.75) is 26.9 Å². The van der Waals surface area contributed by atoms with E-state index in [9.17, 15) is 4.79 Å². The summed E-state index contributed by atoms with van der Waals surface area (Å²) in [6, 6.07) is 3.65. The van der Waals surface area contributed by atoms with Crippen molar-refractivity contribution < 1.29 is 9.53 Å². The summed E-state index contributed by atoms with van der Waals surface area (Å²) in [5, 5.41) is 0. The number of esters is 1. The Hall–Kier alpha value is -1.03. The largest absolute Gasteiger partial charge is 0.459 e. The van der Waals surface area contributed by atoms with Crippen molar-refractivity contribution in [3.63, 3.8) is 0 Å². The fraction of sp³-hybridized carbons (Fsp3) is 0.364. The highest BCUT2D eigenvalue weighted by Crippen LogP contribution is 2.26. The molecule has 0 atom stereocenters. The molecule has 82 valence electrons. The molecule has 0 bridgehead atoms. The smallest absolute Gasteiger partial charge is 0.341 e. The Balaban J connectivity index is 3.13. The molecule has 0 aliphatic carbocycles. The van der Waals surface area contributed by atoms with Crippen LogP contribution in [0.3, 0.4) is 0 Å². The lowest BCUT2D eigenvalue weighted by Crippen LogP contribution is -2.14. The summed E-state index contributed by atoms with van der Waals surface area (Å²) < 4.78 is 5.77. The Bertz CT molecular complexity index is 388. The van der Waals surface area contributed by atoms with Gasteiger partial charge in [-0.25, -0.2) is 4.79 Å². The van der Waals surface area contributed by atoms with Crippen molar-refractivity contribution in [3.8, 4) is 0 Å². The van der Waals surface area contributed by atoms with Gasteiger partial charge in [-0.2, -0.15) is 0 Å². The molecule has 0 aliphatic heterocycles. The monoisotopic (exact) mass is 271 g/mol. The average Bonchev–Trinajstić information content (AvgIpc) is 2.11. The second-order valence-electron chi connectivity index (χ2n) is 3.61. The molecule has 3 nitrogen and oxygen atoms in total. The molecule has 0 heterocycles. The minimum atomic E-state index is -0.391. The summed E-state index contributed by atoms with van der Waals surface area (Å²) in [7, 11) is 0. The number of nitrogens with two attached hydrogens (primary N) is 1. The highest BCUT2D eigenvalue weighted by molar-refractivity contribution is 9.10. The van der Waals surface area contributed by atoms with Gasteiger partial charge in [-0.1, -0.05) is 6.07 Å². The zero-order chi connectivity index (χ0) is 11.6. The maximum absolute atomic E-state index is 11.7. The summed E-state index contributed by atoms with van der Waals surface area (Å²) in [4.78, 5) is 11.7. The minimum absolute atomic E-state index is 0.149. The molecule has 0 radical (unpaired) electrons. The van der Waals surface area contributed by atoms with Crippen molar-refractivity contribution >= 4 is 27.6 Å². The van der Waals surface area contributed by atoms with Gasteiger partial charge in [0, 0.05) is 4.47 Å². The Morgan fingerprint density at radius 2 is 2.07 bits per heavy atom. The predicted octanol–water partition coefficient (Wildman–Crippen LogP) is 2.90. The van der Waals surface area contributed by atoms with Crippen molar-refractivity contribution in [3.05, 3.63) is 27.7 Å². The van der Waals surface area contributed by atoms with E-state index in [2.05, 4.69) is 15.9 Å². The van der Waals surface area contributed by atoms with E-state index in [1.165, 1.54) is 0 Å². The fourth-order valence-electron chi connectivity index (χ4n) is 1.18. The van der Waals surface area contributed by atoms with Crippen LogP contribution in [0, 0.1) is 6.92 Å². The Labute approximate surface area is 97.7 Å². The molecular weight excluding hydrogens is 258 g/mol. The average molecular weight is 272 g/mol. The van der Waals surface area contributed by atoms with Crippen LogP contribution in [-0.4, -0.2) is 12.1 Å². The van der Waals surface area contributed by atoms with E-state index in [1.54, 1.807) is 19.9 Å². The SMILES string of the molecule is Cc1ccc(Br)c(C(=O)OC(C)C)c1N. The first-order chi connectivity index (χ1) is 6.93. The Kier molecular flexibility index (Phi) is 3.74. The van der Waals surface area contributed by atoms with Crippen molar-refractivity contribution in [2.75, 3.05) is 5.73 Å². The molecule has 0 fully saturated rings. The summed E-state index contributed by atoms with van der Waals surface area (Å²) in [5.74, 6) is -0.391. The normalized spacial score (nSPS) is 10.5. The lowest BCUT2D eigenvalue weighted by atomic mass is 10.1. The molecule has 2 N–H and O–H groups in total. The van der Waals surface area contributed by atoms with Crippen LogP contribution in [0.2, 0.25) is 0 Å². The van der Waals surface area contributed by atoms with Gasteiger partial charge < -0.3 is 10.5 Å². The number of hydrogen-bond donors (Lipinski definition) is 1. The van der Waals surface area contributed by atoms with Gasteiger partial charge in [-0.3, -0.25) is 0 Å². The summed E-state index contributed by atoms with van der Waals surface area (Å²) >= 11 is 3.29. The number of hydrogen-bond acceptors (Lipinski definition) is 3. The second kappa shape index (κ2) is 4.66. The van der Waals surface area contributed by atoms with Crippen LogP contribution < -0.4 is 5.73 Å². The van der Waals surface area contributed by atoms with E-state index in [-0.39, 0.29) is 6.10 Å². The first-order valence-corrected chi connectivity index (χ1v) is 5.48. The fourth-order valence-corrected chi connectivity index (χ4v) is 1.69. The molecule has 1 rings (SSSR count). The molecule has 1 aromatic carbocycles. The van der Waals surface area contributed by atoms with Crippen molar-refractivity contribution in [2.24, 2.45) is 0 Å². The summed E-state index contributed by atoms with van der Waals surface area (Å²) in [6.45, 7) is 5.46. The predicted molar refractivity (Wildman–Crippen MR) is 63.8 cm³/mol. The van der Waals surface area contributed by atoms with Crippen molar-refractivity contribution in [1.29, 1.82) is 0 Å². The minimum Gasteiger partial charge on any atom is -0.459 e. The number of nitrogen functional groups attached to an aromatic ring is 1. The van der Waals surface area contributed by atoms with Crippen LogP contribution in [0.5, 0.6) is 0 Å². The van der Waals surface area contributed by atoms with Crippen LogP contribution in [0.15, 0.2) is 16.6 Å². The molecule has 0 saturated heterocycles. The van der Waals surface area contributed by atoms with Gasteiger partial charge in [0.15, 0.2) is 0 Å². The Morgan fingerprint density at radius 1 is 1.47 bits per heavy atom. The van der Waals surface area contributed by atoms with Crippen LogP contribution in [0.4, 0.5) is 5.69 Å². The van der Waals surface area contributed by atoms with Crippen LogP contribution in [0.1, 0.15) is 29.8 Å². The molecule has 4 heteroatoms. The van der Waals surface area contributed by atoms with Crippen LogP contribution >= 0.6 is 15.9 Å². The number of rotatable bonds is 2. The quantitative estimate of drug-likeness (QED) is 0.665. The molecule has 1 aromatic rings. The molecular formula is C11H14BrNO2. The van der Waals surface area contributed by atoms with E-state index in [0.29, 0.717) is 15.7 Å². The molecule has 0 spiro atoms. The van der Waals surface area contributed by atoms with Gasteiger partial charge >= 0.3 is 5.97 Å². The third-order valence-corrected chi connectivity index (χ3v) is 2.62. The highest BCUT2D eigenvalue weighted by Gasteiger charge is 2.17. The second-order valence-corrected chi connectivity index (χ2v) is 4.46. The van der Waals surface area contributed by atoms with Crippen LogP contribution in [0.25, 0.3) is 0 Å². The summed E-state index contributed by atoms with van der Waals surface area (Å²) in [5.41, 5.74) is 7.57. The molecule has 0 saturated carbocycles. The maximum Gasteiger partial charge on any atom is 0.341 e. The lowest BCUT2D eigenvalue weighted by Gasteiger charge is -2.12. The van der Waals surface area contributed by atoms with Gasteiger partial charge in [0.25, 0.3) is 0 Å². The maximum atomic E-state index is 11.7. The molecule has 15 heavy (non-hydrogen) atoms. The molecule has 0 amide bonds. The number of carbonyl (C=O) groups excluding carboxylic acids is 1. The van der Waals surface area contributed by atoms with Crippen LogP contribution in [-0.2, 0) is 4.74 Å². The topological polar surface area (TPSA) is 52.3 Å². The first kappa shape index (κ1) is 12.0. The van der Waals surface area contributed by atoms with E-state index in [0.717, 1.165) is 5.56 Å². The van der Waals surface area contributed by atoms with Gasteiger partial charge in [0.1, 0.15) is 0 Å². The number of benzene rings is 1. The molecule has 0 aliphatic rings. The Morgan fingerprint density at radius 3 is 2.60 bits per heavy atom. The van der Waals surface area contributed by atoms with E-state index in [1.807, 2.05) is 13.0 Å². The zero-order valence-corrected chi connectivity index (χ0v) is 10.6. The number of halogens is 1. The van der Waals surface area contributed by atoms with Gasteiger partial charge in [-0.05, 0) is 48.3 Å². The molecule has 0 unspecified atom stereocenters. The van der Waals surface area contributed by atoms with Crippen molar-refractivity contribution in [1.82, 2.24) is 0 Å². The zero-order valence-electron chi connectivity index (χ0n) is 9.00. The van der Waals surface area contributed by atoms with Gasteiger partial charge in [-0.15, -0.1) is 0 Å².